The highest BCUT2D eigenvalue weighted by Gasteiger charge is 2.27. The second kappa shape index (κ2) is 6.61. The number of hydrogen-bond donors (Lipinski definition) is 1. The Kier molecular flexibility index (Phi) is 5.43. The van der Waals surface area contributed by atoms with Crippen LogP contribution in [0.3, 0.4) is 0 Å². The Balaban J connectivity index is 1.97. The van der Waals surface area contributed by atoms with Crippen molar-refractivity contribution in [2.45, 2.75) is 19.6 Å². The SMILES string of the molecule is Cc1nccn1CCNCCOCC(F)(F)F. The van der Waals surface area contributed by atoms with E-state index in [9.17, 15) is 13.2 Å². The number of aromatic nitrogens is 2. The first-order chi connectivity index (χ1) is 7.99. The first-order valence-electron chi connectivity index (χ1n) is 5.32. The lowest BCUT2D eigenvalue weighted by Crippen LogP contribution is -2.26. The molecule has 0 amide bonds. The molecule has 1 rings (SSSR count). The number of halogens is 3. The topological polar surface area (TPSA) is 39.1 Å². The van der Waals surface area contributed by atoms with Crippen molar-refractivity contribution in [3.8, 4) is 0 Å². The van der Waals surface area contributed by atoms with E-state index in [-0.39, 0.29) is 6.61 Å². The van der Waals surface area contributed by atoms with Crippen molar-refractivity contribution in [1.82, 2.24) is 14.9 Å². The largest absolute Gasteiger partial charge is 0.411 e. The highest BCUT2D eigenvalue weighted by atomic mass is 19.4. The number of rotatable bonds is 7. The summed E-state index contributed by atoms with van der Waals surface area (Å²) in [5, 5.41) is 3.00. The van der Waals surface area contributed by atoms with Crippen LogP contribution in [0.25, 0.3) is 0 Å². The number of nitrogens with one attached hydrogen (secondary N) is 1. The van der Waals surface area contributed by atoms with Gasteiger partial charge in [0, 0.05) is 32.0 Å². The van der Waals surface area contributed by atoms with Gasteiger partial charge in [0.15, 0.2) is 0 Å². The lowest BCUT2D eigenvalue weighted by molar-refractivity contribution is -0.173. The number of ether oxygens (including phenoxy) is 1. The molecule has 17 heavy (non-hydrogen) atoms. The van der Waals surface area contributed by atoms with Gasteiger partial charge in [-0.2, -0.15) is 13.2 Å². The Hall–Kier alpha value is -1.08. The summed E-state index contributed by atoms with van der Waals surface area (Å²) < 4.78 is 41.5. The molecular formula is C10H16F3N3O. The number of imidazole rings is 1. The van der Waals surface area contributed by atoms with Gasteiger partial charge >= 0.3 is 6.18 Å². The Morgan fingerprint density at radius 3 is 2.76 bits per heavy atom. The average molecular weight is 251 g/mol. The number of hydrogen-bond acceptors (Lipinski definition) is 3. The van der Waals surface area contributed by atoms with Crippen LogP contribution in [-0.4, -0.2) is 42.0 Å². The first-order valence-corrected chi connectivity index (χ1v) is 5.32. The number of alkyl halides is 3. The van der Waals surface area contributed by atoms with E-state index in [0.717, 1.165) is 12.4 Å². The molecule has 1 heterocycles. The molecule has 1 aromatic heterocycles. The number of aryl methyl sites for hydroxylation is 1. The van der Waals surface area contributed by atoms with E-state index in [1.807, 2.05) is 17.7 Å². The molecule has 0 radical (unpaired) electrons. The molecule has 4 nitrogen and oxygen atoms in total. The van der Waals surface area contributed by atoms with E-state index in [1.165, 1.54) is 0 Å². The molecule has 0 atom stereocenters. The van der Waals surface area contributed by atoms with Gasteiger partial charge in [0.25, 0.3) is 0 Å². The van der Waals surface area contributed by atoms with E-state index in [2.05, 4.69) is 15.0 Å². The van der Waals surface area contributed by atoms with Crippen molar-refractivity contribution in [1.29, 1.82) is 0 Å². The third-order valence-corrected chi connectivity index (χ3v) is 2.14. The van der Waals surface area contributed by atoms with E-state index < -0.39 is 12.8 Å². The van der Waals surface area contributed by atoms with Crippen molar-refractivity contribution < 1.29 is 17.9 Å². The fourth-order valence-electron chi connectivity index (χ4n) is 1.30. The molecule has 7 heteroatoms. The molecule has 1 N–H and O–H groups in total. The summed E-state index contributed by atoms with van der Waals surface area (Å²) in [5.74, 6) is 0.917. The van der Waals surface area contributed by atoms with Crippen molar-refractivity contribution in [3.63, 3.8) is 0 Å². The van der Waals surface area contributed by atoms with Gasteiger partial charge in [0.2, 0.25) is 0 Å². The van der Waals surface area contributed by atoms with Crippen LogP contribution < -0.4 is 5.32 Å². The summed E-state index contributed by atoms with van der Waals surface area (Å²) in [6.45, 7) is 2.59. The molecule has 0 saturated carbocycles. The summed E-state index contributed by atoms with van der Waals surface area (Å²) in [7, 11) is 0. The minimum atomic E-state index is -4.24. The highest BCUT2D eigenvalue weighted by Crippen LogP contribution is 2.13. The van der Waals surface area contributed by atoms with Crippen LogP contribution in [0.15, 0.2) is 12.4 Å². The summed E-state index contributed by atoms with van der Waals surface area (Å²) >= 11 is 0. The van der Waals surface area contributed by atoms with Gasteiger partial charge in [-0.05, 0) is 6.92 Å². The second-order valence-electron chi connectivity index (χ2n) is 3.59. The smallest absolute Gasteiger partial charge is 0.371 e. The maximum Gasteiger partial charge on any atom is 0.411 e. The Morgan fingerprint density at radius 2 is 2.18 bits per heavy atom. The lowest BCUT2D eigenvalue weighted by Gasteiger charge is -2.09. The Labute approximate surface area is 97.8 Å². The monoisotopic (exact) mass is 251 g/mol. The van der Waals surface area contributed by atoms with Crippen LogP contribution in [0.2, 0.25) is 0 Å². The maximum absolute atomic E-state index is 11.7. The molecule has 0 unspecified atom stereocenters. The van der Waals surface area contributed by atoms with Crippen LogP contribution in [-0.2, 0) is 11.3 Å². The minimum absolute atomic E-state index is 0.0580. The molecule has 0 aromatic carbocycles. The van der Waals surface area contributed by atoms with Gasteiger partial charge in [-0.1, -0.05) is 0 Å². The summed E-state index contributed by atoms with van der Waals surface area (Å²) in [6.07, 6.45) is -0.674. The summed E-state index contributed by atoms with van der Waals surface area (Å²) in [5.41, 5.74) is 0. The predicted octanol–water partition coefficient (Wildman–Crippen LogP) is 1.36. The van der Waals surface area contributed by atoms with Crippen LogP contribution in [0.1, 0.15) is 5.82 Å². The zero-order valence-electron chi connectivity index (χ0n) is 9.63. The van der Waals surface area contributed by atoms with Crippen LogP contribution in [0.4, 0.5) is 13.2 Å². The van der Waals surface area contributed by atoms with Crippen molar-refractivity contribution in [3.05, 3.63) is 18.2 Å². The third kappa shape index (κ3) is 6.28. The van der Waals surface area contributed by atoms with Gasteiger partial charge in [-0.15, -0.1) is 0 Å². The van der Waals surface area contributed by atoms with E-state index in [4.69, 9.17) is 0 Å². The average Bonchev–Trinajstić information content (AvgIpc) is 2.61. The second-order valence-corrected chi connectivity index (χ2v) is 3.59. The van der Waals surface area contributed by atoms with Gasteiger partial charge in [0.1, 0.15) is 12.4 Å². The standard InChI is InChI=1S/C10H16F3N3O/c1-9-15-3-6-16(9)5-2-14-4-7-17-8-10(11,12)13/h3,6,14H,2,4-5,7-8H2,1H3. The van der Waals surface area contributed by atoms with Crippen LogP contribution >= 0.6 is 0 Å². The van der Waals surface area contributed by atoms with Crippen molar-refractivity contribution in [2.75, 3.05) is 26.3 Å². The van der Waals surface area contributed by atoms with Crippen molar-refractivity contribution in [2.24, 2.45) is 0 Å². The zero-order valence-corrected chi connectivity index (χ0v) is 9.63. The van der Waals surface area contributed by atoms with E-state index >= 15 is 0 Å². The molecule has 0 bridgehead atoms. The zero-order chi connectivity index (χ0) is 12.7. The molecule has 0 fully saturated rings. The summed E-state index contributed by atoms with van der Waals surface area (Å²) in [4.78, 5) is 4.06. The van der Waals surface area contributed by atoms with Crippen molar-refractivity contribution >= 4 is 0 Å². The fourth-order valence-corrected chi connectivity index (χ4v) is 1.30. The first kappa shape index (κ1) is 14.0. The van der Waals surface area contributed by atoms with E-state index in [1.54, 1.807) is 6.20 Å². The Bertz CT molecular complexity index is 325. The molecule has 0 aliphatic heterocycles. The summed E-state index contributed by atoms with van der Waals surface area (Å²) in [6, 6.07) is 0. The van der Waals surface area contributed by atoms with Gasteiger partial charge in [0.05, 0.1) is 6.61 Å². The molecule has 0 saturated heterocycles. The molecule has 1 aromatic rings. The van der Waals surface area contributed by atoms with Gasteiger partial charge < -0.3 is 14.6 Å². The minimum Gasteiger partial charge on any atom is -0.371 e. The molecular weight excluding hydrogens is 235 g/mol. The van der Waals surface area contributed by atoms with E-state index in [0.29, 0.717) is 13.1 Å². The predicted molar refractivity (Wildman–Crippen MR) is 56.7 cm³/mol. The normalized spacial score (nSPS) is 12.0. The maximum atomic E-state index is 11.7. The molecule has 0 spiro atoms. The van der Waals surface area contributed by atoms with Crippen LogP contribution in [0.5, 0.6) is 0 Å². The third-order valence-electron chi connectivity index (χ3n) is 2.14. The quantitative estimate of drug-likeness (QED) is 0.744. The van der Waals surface area contributed by atoms with Gasteiger partial charge in [-0.25, -0.2) is 4.98 Å². The molecule has 0 aliphatic rings. The Morgan fingerprint density at radius 1 is 1.41 bits per heavy atom. The van der Waals surface area contributed by atoms with Gasteiger partial charge in [-0.3, -0.25) is 0 Å². The fraction of sp³-hybridized carbons (Fsp3) is 0.700. The molecule has 98 valence electrons. The lowest BCUT2D eigenvalue weighted by atomic mass is 10.5. The van der Waals surface area contributed by atoms with Crippen LogP contribution in [0, 0.1) is 6.92 Å². The number of nitrogens with zero attached hydrogens (tertiary/aromatic N) is 2. The highest BCUT2D eigenvalue weighted by molar-refractivity contribution is 4.88. The molecule has 0 aliphatic carbocycles.